The minimum Gasteiger partial charge on any atom is -0.206 e. The normalized spacial score (nSPS) is 28.0. The van der Waals surface area contributed by atoms with Crippen LogP contribution in [-0.4, -0.2) is 5.92 Å². The third-order valence-electron chi connectivity index (χ3n) is 2.56. The van der Waals surface area contributed by atoms with Crippen molar-refractivity contribution in [3.63, 3.8) is 0 Å². The van der Waals surface area contributed by atoms with Gasteiger partial charge in [0.05, 0.1) is 0 Å². The molecule has 0 aliphatic heterocycles. The lowest BCUT2D eigenvalue weighted by Gasteiger charge is -2.08. The van der Waals surface area contributed by atoms with Crippen LogP contribution < -0.4 is 0 Å². The summed E-state index contributed by atoms with van der Waals surface area (Å²) < 4.78 is 24.9. The van der Waals surface area contributed by atoms with Crippen LogP contribution in [0.2, 0.25) is 0 Å². The molecule has 0 saturated heterocycles. The number of hydrogen-bond acceptors (Lipinski definition) is 0. The standard InChI is InChI=1S/C7H12F2/c1-3-6(4-2)5-7(6,8)9/h3-5H2,1-2H3. The summed E-state index contributed by atoms with van der Waals surface area (Å²) in [5.74, 6) is -2.34. The molecule has 0 atom stereocenters. The highest BCUT2D eigenvalue weighted by Gasteiger charge is 2.68. The molecule has 0 unspecified atom stereocenters. The van der Waals surface area contributed by atoms with Crippen molar-refractivity contribution in [1.82, 2.24) is 0 Å². The molecule has 0 radical (unpaired) electrons. The van der Waals surface area contributed by atoms with E-state index in [9.17, 15) is 8.78 Å². The van der Waals surface area contributed by atoms with Crippen LogP contribution in [0.25, 0.3) is 0 Å². The topological polar surface area (TPSA) is 0 Å². The van der Waals surface area contributed by atoms with Gasteiger partial charge in [-0.15, -0.1) is 0 Å². The lowest BCUT2D eigenvalue weighted by Crippen LogP contribution is -2.07. The maximum atomic E-state index is 12.5. The van der Waals surface area contributed by atoms with Crippen molar-refractivity contribution in [1.29, 1.82) is 0 Å². The van der Waals surface area contributed by atoms with Gasteiger partial charge in [-0.05, 0) is 12.8 Å². The Kier molecular flexibility index (Phi) is 1.30. The monoisotopic (exact) mass is 134 g/mol. The van der Waals surface area contributed by atoms with Crippen molar-refractivity contribution in [2.45, 2.75) is 39.0 Å². The van der Waals surface area contributed by atoms with Crippen molar-refractivity contribution in [2.75, 3.05) is 0 Å². The summed E-state index contributed by atoms with van der Waals surface area (Å²) >= 11 is 0. The molecular weight excluding hydrogens is 122 g/mol. The van der Waals surface area contributed by atoms with Crippen LogP contribution in [0, 0.1) is 5.41 Å². The third kappa shape index (κ3) is 0.759. The van der Waals surface area contributed by atoms with Gasteiger partial charge < -0.3 is 0 Å². The number of hydrogen-bond donors (Lipinski definition) is 0. The lowest BCUT2D eigenvalue weighted by atomic mass is 10.00. The second kappa shape index (κ2) is 1.68. The van der Waals surface area contributed by atoms with Gasteiger partial charge in [0.25, 0.3) is 5.92 Å². The summed E-state index contributed by atoms with van der Waals surface area (Å²) in [4.78, 5) is 0. The van der Waals surface area contributed by atoms with Crippen LogP contribution in [0.4, 0.5) is 8.78 Å². The summed E-state index contributed by atoms with van der Waals surface area (Å²) in [6.07, 6.45) is 1.36. The van der Waals surface area contributed by atoms with Crippen molar-refractivity contribution in [3.8, 4) is 0 Å². The van der Waals surface area contributed by atoms with Gasteiger partial charge in [-0.3, -0.25) is 0 Å². The molecule has 0 aromatic heterocycles. The van der Waals surface area contributed by atoms with E-state index in [2.05, 4.69) is 0 Å². The summed E-state index contributed by atoms with van der Waals surface area (Å²) in [7, 11) is 0. The smallest absolute Gasteiger partial charge is 0.206 e. The highest BCUT2D eigenvalue weighted by Crippen LogP contribution is 2.64. The first-order chi connectivity index (χ1) is 4.08. The van der Waals surface area contributed by atoms with Gasteiger partial charge in [0.2, 0.25) is 0 Å². The molecule has 1 rings (SSSR count). The Hall–Kier alpha value is -0.140. The average Bonchev–Trinajstić information content (AvgIpc) is 2.35. The third-order valence-corrected chi connectivity index (χ3v) is 2.56. The summed E-state index contributed by atoms with van der Waals surface area (Å²) in [5, 5.41) is 0. The fourth-order valence-corrected chi connectivity index (χ4v) is 1.40. The minimum atomic E-state index is -2.34. The summed E-state index contributed by atoms with van der Waals surface area (Å²) in [6, 6.07) is 0. The molecule has 1 aliphatic rings. The van der Waals surface area contributed by atoms with Crippen molar-refractivity contribution >= 4 is 0 Å². The maximum absolute atomic E-state index is 12.5. The molecule has 2 heteroatoms. The maximum Gasteiger partial charge on any atom is 0.254 e. The van der Waals surface area contributed by atoms with E-state index in [-0.39, 0.29) is 6.42 Å². The van der Waals surface area contributed by atoms with Crippen LogP contribution in [0.15, 0.2) is 0 Å². The predicted octanol–water partition coefficient (Wildman–Crippen LogP) is 2.83. The largest absolute Gasteiger partial charge is 0.254 e. The zero-order valence-corrected chi connectivity index (χ0v) is 5.88. The molecule has 1 aliphatic carbocycles. The second-order valence-corrected chi connectivity index (χ2v) is 2.87. The van der Waals surface area contributed by atoms with E-state index in [4.69, 9.17) is 0 Å². The summed E-state index contributed by atoms with van der Waals surface area (Å²) in [6.45, 7) is 3.68. The fraction of sp³-hybridized carbons (Fsp3) is 1.00. The van der Waals surface area contributed by atoms with Crippen LogP contribution >= 0.6 is 0 Å². The van der Waals surface area contributed by atoms with Gasteiger partial charge >= 0.3 is 0 Å². The molecular formula is C7H12F2. The molecule has 0 heterocycles. The summed E-state index contributed by atoms with van der Waals surface area (Å²) in [5.41, 5.74) is -0.604. The Morgan fingerprint density at radius 1 is 1.22 bits per heavy atom. The Balaban J connectivity index is 2.57. The first-order valence-electron chi connectivity index (χ1n) is 3.46. The molecule has 1 saturated carbocycles. The van der Waals surface area contributed by atoms with Crippen LogP contribution in [0.5, 0.6) is 0 Å². The van der Waals surface area contributed by atoms with Crippen molar-refractivity contribution in [2.24, 2.45) is 5.41 Å². The molecule has 0 N–H and O–H groups in total. The van der Waals surface area contributed by atoms with Gasteiger partial charge in [-0.25, -0.2) is 8.78 Å². The molecule has 0 nitrogen and oxygen atoms in total. The van der Waals surface area contributed by atoms with E-state index >= 15 is 0 Å². The predicted molar refractivity (Wildman–Crippen MR) is 32.6 cm³/mol. The fourth-order valence-electron chi connectivity index (χ4n) is 1.40. The molecule has 0 amide bonds. The van der Waals surface area contributed by atoms with E-state index in [0.717, 1.165) is 0 Å². The number of rotatable bonds is 2. The van der Waals surface area contributed by atoms with Crippen LogP contribution in [0.1, 0.15) is 33.1 Å². The zero-order valence-electron chi connectivity index (χ0n) is 5.88. The molecule has 9 heavy (non-hydrogen) atoms. The Morgan fingerprint density at radius 3 is 1.56 bits per heavy atom. The first kappa shape index (κ1) is 6.97. The van der Waals surface area contributed by atoms with Gasteiger partial charge in [-0.1, -0.05) is 13.8 Å². The molecule has 0 bridgehead atoms. The van der Waals surface area contributed by atoms with Crippen LogP contribution in [0.3, 0.4) is 0 Å². The quantitative estimate of drug-likeness (QED) is 0.544. The van der Waals surface area contributed by atoms with E-state index in [1.165, 1.54) is 0 Å². The van der Waals surface area contributed by atoms with Gasteiger partial charge in [-0.2, -0.15) is 0 Å². The van der Waals surface area contributed by atoms with E-state index in [0.29, 0.717) is 12.8 Å². The molecule has 0 aromatic carbocycles. The second-order valence-electron chi connectivity index (χ2n) is 2.87. The SMILES string of the molecule is CCC1(CC)CC1(F)F. The Bertz CT molecular complexity index is 114. The average molecular weight is 134 g/mol. The zero-order chi connectivity index (χ0) is 7.12. The van der Waals surface area contributed by atoms with E-state index in [1.54, 1.807) is 0 Å². The number of halogens is 2. The molecule has 54 valence electrons. The molecule has 0 spiro atoms. The molecule has 1 fully saturated rings. The molecule has 0 aromatic rings. The first-order valence-corrected chi connectivity index (χ1v) is 3.46. The Labute approximate surface area is 54.3 Å². The van der Waals surface area contributed by atoms with Gasteiger partial charge in [0.15, 0.2) is 0 Å². The van der Waals surface area contributed by atoms with Crippen molar-refractivity contribution in [3.05, 3.63) is 0 Å². The minimum absolute atomic E-state index is 0.118. The number of alkyl halides is 2. The highest BCUT2D eigenvalue weighted by atomic mass is 19.3. The van der Waals surface area contributed by atoms with Gasteiger partial charge in [0, 0.05) is 11.8 Å². The highest BCUT2D eigenvalue weighted by molar-refractivity contribution is 5.08. The van der Waals surface area contributed by atoms with E-state index < -0.39 is 11.3 Å². The van der Waals surface area contributed by atoms with E-state index in [1.807, 2.05) is 13.8 Å². The Morgan fingerprint density at radius 2 is 1.56 bits per heavy atom. The lowest BCUT2D eigenvalue weighted by molar-refractivity contribution is 0.0605. The van der Waals surface area contributed by atoms with Crippen molar-refractivity contribution < 1.29 is 8.78 Å². The van der Waals surface area contributed by atoms with Gasteiger partial charge in [0.1, 0.15) is 0 Å². The van der Waals surface area contributed by atoms with Crippen LogP contribution in [-0.2, 0) is 0 Å².